The van der Waals surface area contributed by atoms with Crippen molar-refractivity contribution in [3.05, 3.63) is 35.4 Å². The number of amides is 1. The fraction of sp³-hybridized carbons (Fsp3) is 0.611. The maximum atomic E-state index is 12.7. The standard InChI is InChI=1S/C18H28N2O2/c1-4-18(14-21)8-10-20(11-9-18)17(22)16-7-5-6-15(12-16)13-19(2)3/h5-7,12,21H,4,8-11,13-14H2,1-3H3. The van der Waals surface area contributed by atoms with Gasteiger partial charge >= 0.3 is 0 Å². The second-order valence-electron chi connectivity index (χ2n) is 6.74. The fourth-order valence-corrected chi connectivity index (χ4v) is 3.16. The molecule has 22 heavy (non-hydrogen) atoms. The van der Waals surface area contributed by atoms with Crippen molar-refractivity contribution in [3.63, 3.8) is 0 Å². The summed E-state index contributed by atoms with van der Waals surface area (Å²) in [4.78, 5) is 16.7. The first-order valence-corrected chi connectivity index (χ1v) is 8.13. The van der Waals surface area contributed by atoms with Crippen molar-refractivity contribution in [2.24, 2.45) is 5.41 Å². The van der Waals surface area contributed by atoms with Crippen LogP contribution in [0.25, 0.3) is 0 Å². The van der Waals surface area contributed by atoms with E-state index in [1.165, 1.54) is 0 Å². The second kappa shape index (κ2) is 7.25. The van der Waals surface area contributed by atoms with Crippen molar-refractivity contribution in [3.8, 4) is 0 Å². The number of hydrogen-bond acceptors (Lipinski definition) is 3. The molecule has 0 bridgehead atoms. The molecule has 1 aliphatic heterocycles. The topological polar surface area (TPSA) is 43.8 Å². The van der Waals surface area contributed by atoms with Crippen molar-refractivity contribution in [2.75, 3.05) is 33.8 Å². The summed E-state index contributed by atoms with van der Waals surface area (Å²) in [6.45, 7) is 4.67. The Morgan fingerprint density at radius 3 is 2.55 bits per heavy atom. The molecule has 0 radical (unpaired) electrons. The van der Waals surface area contributed by atoms with Crippen LogP contribution in [-0.2, 0) is 6.54 Å². The highest BCUT2D eigenvalue weighted by molar-refractivity contribution is 5.94. The Kier molecular flexibility index (Phi) is 5.59. The second-order valence-corrected chi connectivity index (χ2v) is 6.74. The first kappa shape index (κ1) is 17.0. The molecule has 0 aromatic heterocycles. The third-order valence-corrected chi connectivity index (χ3v) is 4.87. The van der Waals surface area contributed by atoms with Crippen LogP contribution in [0.15, 0.2) is 24.3 Å². The molecule has 1 aromatic carbocycles. The summed E-state index contributed by atoms with van der Waals surface area (Å²) < 4.78 is 0. The van der Waals surface area contributed by atoms with Crippen LogP contribution in [0.4, 0.5) is 0 Å². The zero-order valence-electron chi connectivity index (χ0n) is 14.0. The van der Waals surface area contributed by atoms with E-state index < -0.39 is 0 Å². The lowest BCUT2D eigenvalue weighted by atomic mass is 9.77. The summed E-state index contributed by atoms with van der Waals surface area (Å²) in [5, 5.41) is 9.60. The van der Waals surface area contributed by atoms with E-state index in [1.807, 2.05) is 37.2 Å². The van der Waals surface area contributed by atoms with Gasteiger partial charge in [-0.3, -0.25) is 4.79 Å². The first-order valence-electron chi connectivity index (χ1n) is 8.13. The summed E-state index contributed by atoms with van der Waals surface area (Å²) in [7, 11) is 4.05. The molecule has 1 amide bonds. The van der Waals surface area contributed by atoms with Crippen LogP contribution >= 0.6 is 0 Å². The van der Waals surface area contributed by atoms with Gasteiger partial charge in [-0.05, 0) is 56.5 Å². The number of aliphatic hydroxyl groups excluding tert-OH is 1. The highest BCUT2D eigenvalue weighted by Gasteiger charge is 2.34. The summed E-state index contributed by atoms with van der Waals surface area (Å²) in [5.74, 6) is 0.114. The van der Waals surface area contributed by atoms with Gasteiger partial charge < -0.3 is 14.9 Å². The molecule has 0 unspecified atom stereocenters. The average Bonchev–Trinajstić information content (AvgIpc) is 2.54. The molecular weight excluding hydrogens is 276 g/mol. The van der Waals surface area contributed by atoms with Crippen LogP contribution in [0.5, 0.6) is 0 Å². The van der Waals surface area contributed by atoms with Gasteiger partial charge in [-0.1, -0.05) is 19.1 Å². The van der Waals surface area contributed by atoms with Gasteiger partial charge in [-0.2, -0.15) is 0 Å². The molecule has 0 aliphatic carbocycles. The molecule has 2 rings (SSSR count). The van der Waals surface area contributed by atoms with E-state index in [0.29, 0.717) is 0 Å². The number of carbonyl (C=O) groups excluding carboxylic acids is 1. The largest absolute Gasteiger partial charge is 0.396 e. The normalized spacial score (nSPS) is 17.8. The molecule has 1 aliphatic rings. The van der Waals surface area contributed by atoms with Crippen LogP contribution in [-0.4, -0.2) is 54.6 Å². The summed E-state index contributed by atoms with van der Waals surface area (Å²) >= 11 is 0. The Bertz CT molecular complexity index is 500. The number of likely N-dealkylation sites (tertiary alicyclic amines) is 1. The first-order chi connectivity index (χ1) is 10.5. The number of aliphatic hydroxyl groups is 1. The minimum absolute atomic E-state index is 0.0174. The van der Waals surface area contributed by atoms with Crippen LogP contribution in [0.1, 0.15) is 42.1 Å². The van der Waals surface area contributed by atoms with Gasteiger partial charge in [0.05, 0.1) is 0 Å². The Labute approximate surface area is 133 Å². The number of carbonyl (C=O) groups is 1. The van der Waals surface area contributed by atoms with Crippen molar-refractivity contribution in [1.29, 1.82) is 0 Å². The van der Waals surface area contributed by atoms with Gasteiger partial charge in [0.25, 0.3) is 5.91 Å². The van der Waals surface area contributed by atoms with Gasteiger partial charge in [0.1, 0.15) is 0 Å². The molecule has 4 nitrogen and oxygen atoms in total. The molecule has 122 valence electrons. The van der Waals surface area contributed by atoms with Gasteiger partial charge in [0, 0.05) is 31.8 Å². The van der Waals surface area contributed by atoms with Gasteiger partial charge in [-0.25, -0.2) is 0 Å². The Hall–Kier alpha value is -1.39. The maximum absolute atomic E-state index is 12.7. The Morgan fingerprint density at radius 1 is 1.32 bits per heavy atom. The molecule has 1 fully saturated rings. The molecule has 1 heterocycles. The van der Waals surface area contributed by atoms with Crippen molar-refractivity contribution in [1.82, 2.24) is 9.80 Å². The van der Waals surface area contributed by atoms with Crippen LogP contribution in [0.2, 0.25) is 0 Å². The number of benzene rings is 1. The van der Waals surface area contributed by atoms with Crippen LogP contribution in [0.3, 0.4) is 0 Å². The molecule has 0 saturated carbocycles. The summed E-state index contributed by atoms with van der Waals surface area (Å²) in [6.07, 6.45) is 2.76. The lowest BCUT2D eigenvalue weighted by Gasteiger charge is -2.40. The quantitative estimate of drug-likeness (QED) is 0.908. The van der Waals surface area contributed by atoms with E-state index in [9.17, 15) is 9.90 Å². The van der Waals surface area contributed by atoms with Crippen LogP contribution in [0, 0.1) is 5.41 Å². The third-order valence-electron chi connectivity index (χ3n) is 4.87. The third kappa shape index (κ3) is 3.87. The Balaban J connectivity index is 2.04. The lowest BCUT2D eigenvalue weighted by Crippen LogP contribution is -2.44. The van der Waals surface area contributed by atoms with E-state index in [4.69, 9.17) is 0 Å². The highest BCUT2D eigenvalue weighted by atomic mass is 16.3. The van der Waals surface area contributed by atoms with Crippen LogP contribution < -0.4 is 0 Å². The molecule has 1 saturated heterocycles. The molecular formula is C18H28N2O2. The Morgan fingerprint density at radius 2 is 2.00 bits per heavy atom. The van der Waals surface area contributed by atoms with Gasteiger partial charge in [0.15, 0.2) is 0 Å². The molecule has 0 atom stereocenters. The van der Waals surface area contributed by atoms with E-state index in [-0.39, 0.29) is 17.9 Å². The van der Waals surface area contributed by atoms with Gasteiger partial charge in [-0.15, -0.1) is 0 Å². The van der Waals surface area contributed by atoms with Gasteiger partial charge in [0.2, 0.25) is 0 Å². The van der Waals surface area contributed by atoms with E-state index in [2.05, 4.69) is 17.9 Å². The van der Waals surface area contributed by atoms with E-state index in [0.717, 1.165) is 50.0 Å². The predicted molar refractivity (Wildman–Crippen MR) is 88.8 cm³/mol. The fourth-order valence-electron chi connectivity index (χ4n) is 3.16. The summed E-state index contributed by atoms with van der Waals surface area (Å²) in [6, 6.07) is 7.91. The van der Waals surface area contributed by atoms with E-state index >= 15 is 0 Å². The van der Waals surface area contributed by atoms with Crippen molar-refractivity contribution >= 4 is 5.91 Å². The highest BCUT2D eigenvalue weighted by Crippen LogP contribution is 2.34. The zero-order valence-corrected chi connectivity index (χ0v) is 14.0. The maximum Gasteiger partial charge on any atom is 0.253 e. The minimum Gasteiger partial charge on any atom is -0.396 e. The average molecular weight is 304 g/mol. The summed E-state index contributed by atoms with van der Waals surface area (Å²) in [5.41, 5.74) is 1.95. The SMILES string of the molecule is CCC1(CO)CCN(C(=O)c2cccc(CN(C)C)c2)CC1. The smallest absolute Gasteiger partial charge is 0.253 e. The number of rotatable bonds is 5. The van der Waals surface area contributed by atoms with Crippen molar-refractivity contribution in [2.45, 2.75) is 32.7 Å². The lowest BCUT2D eigenvalue weighted by molar-refractivity contribution is 0.0338. The zero-order chi connectivity index (χ0) is 16.2. The molecule has 1 aromatic rings. The molecule has 1 N–H and O–H groups in total. The monoisotopic (exact) mass is 304 g/mol. The van der Waals surface area contributed by atoms with E-state index in [1.54, 1.807) is 0 Å². The molecule has 0 spiro atoms. The predicted octanol–water partition coefficient (Wildman–Crippen LogP) is 2.37. The minimum atomic E-state index is 0.0174. The number of hydrogen-bond donors (Lipinski definition) is 1. The number of piperidine rings is 1. The number of nitrogens with zero attached hydrogens (tertiary/aromatic N) is 2. The molecule has 4 heteroatoms. The van der Waals surface area contributed by atoms with Crippen molar-refractivity contribution < 1.29 is 9.90 Å².